The summed E-state index contributed by atoms with van der Waals surface area (Å²) < 4.78 is 28.0. The molecular weight excluding hydrogens is 300 g/mol. The molecule has 0 aromatic carbocycles. The average molecular weight is 323 g/mol. The van der Waals surface area contributed by atoms with E-state index in [9.17, 15) is 8.42 Å². The highest BCUT2D eigenvalue weighted by molar-refractivity contribution is 7.90. The summed E-state index contributed by atoms with van der Waals surface area (Å²) in [4.78, 5) is 6.94. The number of aryl methyl sites for hydroxylation is 1. The summed E-state index contributed by atoms with van der Waals surface area (Å²) in [5, 5.41) is -0.511. The van der Waals surface area contributed by atoms with Crippen molar-refractivity contribution in [2.75, 3.05) is 34.2 Å². The van der Waals surface area contributed by atoms with Gasteiger partial charge in [0, 0.05) is 11.9 Å². The zero-order chi connectivity index (χ0) is 16.6. The van der Waals surface area contributed by atoms with Crippen molar-refractivity contribution in [3.8, 4) is 24.2 Å². The highest BCUT2D eigenvalue weighted by Crippen LogP contribution is 2.12. The van der Waals surface area contributed by atoms with E-state index in [4.69, 9.17) is 6.42 Å². The van der Waals surface area contributed by atoms with Gasteiger partial charge >= 0.3 is 0 Å². The lowest BCUT2D eigenvalue weighted by molar-refractivity contribution is -0.869. The summed E-state index contributed by atoms with van der Waals surface area (Å²) in [5.41, 5.74) is 0.925. The molecule has 0 radical (unpaired) electrons. The highest BCUT2D eigenvalue weighted by atomic mass is 32.2. The van der Waals surface area contributed by atoms with Gasteiger partial charge in [-0.15, -0.1) is 6.42 Å². The molecule has 0 aliphatic carbocycles. The van der Waals surface area contributed by atoms with Crippen molar-refractivity contribution in [1.82, 2.24) is 14.7 Å². The number of H-pyrrole nitrogens is 1. The fourth-order valence-electron chi connectivity index (χ4n) is 2.04. The standard InChI is InChI=1S/C15H23N4O2S/c1-5-6-7-10-18-22(20,21)15(12-19(2,3)4)9-8-14-11-16-13-17-14/h1,11,13,15,18H,8-10,12H2,2-4H3,(H,16,17)/q+1. The van der Waals surface area contributed by atoms with Crippen LogP contribution in [0.2, 0.25) is 0 Å². The maximum atomic E-state index is 12.5. The van der Waals surface area contributed by atoms with Gasteiger partial charge in [-0.3, -0.25) is 0 Å². The van der Waals surface area contributed by atoms with Crippen molar-refractivity contribution in [2.24, 2.45) is 0 Å². The average Bonchev–Trinajstić information content (AvgIpc) is 2.91. The Morgan fingerprint density at radius 1 is 1.45 bits per heavy atom. The summed E-state index contributed by atoms with van der Waals surface area (Å²) >= 11 is 0. The van der Waals surface area contributed by atoms with E-state index < -0.39 is 15.3 Å². The molecule has 1 unspecified atom stereocenters. The molecule has 7 heteroatoms. The monoisotopic (exact) mass is 323 g/mol. The normalized spacial score (nSPS) is 13.0. The van der Waals surface area contributed by atoms with Crippen molar-refractivity contribution < 1.29 is 12.9 Å². The van der Waals surface area contributed by atoms with Crippen LogP contribution >= 0.6 is 0 Å². The third kappa shape index (κ3) is 6.77. The minimum absolute atomic E-state index is 0.0320. The molecule has 1 rings (SSSR count). The maximum Gasteiger partial charge on any atom is 0.220 e. The fourth-order valence-corrected chi connectivity index (χ4v) is 3.62. The van der Waals surface area contributed by atoms with E-state index in [1.807, 2.05) is 21.1 Å². The van der Waals surface area contributed by atoms with E-state index in [1.54, 1.807) is 12.5 Å². The van der Waals surface area contributed by atoms with Gasteiger partial charge < -0.3 is 9.47 Å². The Bertz CT molecular complexity index is 655. The van der Waals surface area contributed by atoms with Crippen LogP contribution in [0.1, 0.15) is 12.1 Å². The Morgan fingerprint density at radius 3 is 2.73 bits per heavy atom. The summed E-state index contributed by atoms with van der Waals surface area (Å²) in [6.07, 6.45) is 9.45. The van der Waals surface area contributed by atoms with Crippen LogP contribution in [-0.2, 0) is 16.4 Å². The van der Waals surface area contributed by atoms with Crippen molar-refractivity contribution in [2.45, 2.75) is 18.1 Å². The summed E-state index contributed by atoms with van der Waals surface area (Å²) in [5.74, 6) is 7.13. The van der Waals surface area contributed by atoms with Gasteiger partial charge in [0.05, 0.1) is 40.6 Å². The molecule has 0 spiro atoms. The number of sulfonamides is 1. The van der Waals surface area contributed by atoms with Gasteiger partial charge in [0.1, 0.15) is 5.25 Å². The van der Waals surface area contributed by atoms with Crippen LogP contribution in [-0.4, -0.2) is 62.4 Å². The summed E-state index contributed by atoms with van der Waals surface area (Å²) in [6, 6.07) is 0. The van der Waals surface area contributed by atoms with Crippen molar-refractivity contribution >= 4 is 10.0 Å². The highest BCUT2D eigenvalue weighted by Gasteiger charge is 2.30. The van der Waals surface area contributed by atoms with E-state index in [0.29, 0.717) is 23.9 Å². The van der Waals surface area contributed by atoms with E-state index in [-0.39, 0.29) is 6.54 Å². The molecule has 1 atom stereocenters. The Morgan fingerprint density at radius 2 is 2.18 bits per heavy atom. The molecule has 0 aliphatic rings. The van der Waals surface area contributed by atoms with E-state index in [1.165, 1.54) is 0 Å². The van der Waals surface area contributed by atoms with Gasteiger partial charge in [-0.25, -0.2) is 18.1 Å². The molecule has 1 aromatic heterocycles. The number of imidazole rings is 1. The van der Waals surface area contributed by atoms with Crippen LogP contribution in [0.4, 0.5) is 0 Å². The first-order chi connectivity index (χ1) is 10.2. The molecule has 1 aromatic rings. The summed E-state index contributed by atoms with van der Waals surface area (Å²) in [7, 11) is 2.45. The molecule has 22 heavy (non-hydrogen) atoms. The van der Waals surface area contributed by atoms with Crippen LogP contribution in [0.3, 0.4) is 0 Å². The lowest BCUT2D eigenvalue weighted by atomic mass is 10.2. The largest absolute Gasteiger partial charge is 0.348 e. The Hall–Kier alpha value is -1.80. The van der Waals surface area contributed by atoms with Crippen LogP contribution in [0.25, 0.3) is 0 Å². The van der Waals surface area contributed by atoms with Crippen LogP contribution in [0.15, 0.2) is 12.5 Å². The third-order valence-electron chi connectivity index (χ3n) is 3.00. The van der Waals surface area contributed by atoms with Gasteiger partial charge in [-0.1, -0.05) is 5.92 Å². The second-order valence-corrected chi connectivity index (χ2v) is 8.07. The number of terminal acetylenes is 1. The minimum Gasteiger partial charge on any atom is -0.348 e. The number of nitrogens with one attached hydrogen (secondary N) is 2. The number of hydrogen-bond donors (Lipinski definition) is 2. The SMILES string of the molecule is C#CC#CCNS(=O)(=O)C(CCc1cnc[nH]1)C[N+](C)(C)C. The first kappa shape index (κ1) is 18.2. The van der Waals surface area contributed by atoms with E-state index in [0.717, 1.165) is 5.69 Å². The Kier molecular flexibility index (Phi) is 6.63. The third-order valence-corrected chi connectivity index (χ3v) is 4.81. The van der Waals surface area contributed by atoms with Crippen LogP contribution in [0.5, 0.6) is 0 Å². The molecule has 0 fully saturated rings. The molecule has 0 amide bonds. The first-order valence-electron chi connectivity index (χ1n) is 6.94. The lowest BCUT2D eigenvalue weighted by Crippen LogP contribution is -2.47. The smallest absolute Gasteiger partial charge is 0.220 e. The van der Waals surface area contributed by atoms with Crippen molar-refractivity contribution in [3.63, 3.8) is 0 Å². The van der Waals surface area contributed by atoms with Gasteiger partial charge in [-0.2, -0.15) is 0 Å². The molecular formula is C15H23N4O2S+. The number of nitrogens with zero attached hydrogens (tertiary/aromatic N) is 2. The molecule has 0 bridgehead atoms. The zero-order valence-electron chi connectivity index (χ0n) is 13.3. The van der Waals surface area contributed by atoms with E-state index >= 15 is 0 Å². The minimum atomic E-state index is -3.46. The molecule has 120 valence electrons. The number of aromatic amines is 1. The van der Waals surface area contributed by atoms with Gasteiger partial charge in [0.15, 0.2) is 0 Å². The maximum absolute atomic E-state index is 12.5. The number of aromatic nitrogens is 2. The Balaban J connectivity index is 2.77. The number of quaternary nitrogens is 1. The second-order valence-electron chi connectivity index (χ2n) is 6.02. The molecule has 0 saturated carbocycles. The number of hydrogen-bond acceptors (Lipinski definition) is 3. The Labute approximate surface area is 133 Å². The summed E-state index contributed by atoms with van der Waals surface area (Å²) in [6.45, 7) is 0.538. The molecule has 2 N–H and O–H groups in total. The van der Waals surface area contributed by atoms with Crippen LogP contribution in [0, 0.1) is 24.2 Å². The number of rotatable bonds is 8. The predicted molar refractivity (Wildman–Crippen MR) is 87.1 cm³/mol. The van der Waals surface area contributed by atoms with Gasteiger partial charge in [-0.05, 0) is 24.7 Å². The van der Waals surface area contributed by atoms with E-state index in [2.05, 4.69) is 32.5 Å². The van der Waals surface area contributed by atoms with Crippen molar-refractivity contribution in [3.05, 3.63) is 18.2 Å². The van der Waals surface area contributed by atoms with Gasteiger partial charge in [0.2, 0.25) is 10.0 Å². The quantitative estimate of drug-likeness (QED) is 0.521. The topological polar surface area (TPSA) is 74.8 Å². The second kappa shape index (κ2) is 8.00. The molecule has 1 heterocycles. The fraction of sp³-hybridized carbons (Fsp3) is 0.533. The molecule has 0 aliphatic heterocycles. The van der Waals surface area contributed by atoms with Crippen LogP contribution < -0.4 is 4.72 Å². The molecule has 0 saturated heterocycles. The first-order valence-corrected chi connectivity index (χ1v) is 8.49. The zero-order valence-corrected chi connectivity index (χ0v) is 14.1. The predicted octanol–water partition coefficient (Wildman–Crippen LogP) is -0.0269. The van der Waals surface area contributed by atoms with Gasteiger partial charge in [0.25, 0.3) is 0 Å². The lowest BCUT2D eigenvalue weighted by Gasteiger charge is -2.29. The van der Waals surface area contributed by atoms with Crippen molar-refractivity contribution in [1.29, 1.82) is 0 Å². The molecule has 6 nitrogen and oxygen atoms in total.